The molecule has 0 fully saturated rings. The van der Waals surface area contributed by atoms with Crippen molar-refractivity contribution in [2.24, 2.45) is 0 Å². The molecule has 0 saturated carbocycles. The largest absolute Gasteiger partial charge is 0.598 e. The van der Waals surface area contributed by atoms with Crippen LogP contribution in [0.1, 0.15) is 56.0 Å². The lowest BCUT2D eigenvalue weighted by atomic mass is 10.0. The van der Waals surface area contributed by atoms with Crippen molar-refractivity contribution < 1.29 is 13.4 Å². The molecule has 164 valence electrons. The predicted molar refractivity (Wildman–Crippen MR) is 123 cm³/mol. The first-order valence-corrected chi connectivity index (χ1v) is 11.5. The normalized spacial score (nSPS) is 15.9. The van der Waals surface area contributed by atoms with Crippen LogP contribution in [-0.4, -0.2) is 9.30 Å². The van der Waals surface area contributed by atoms with Gasteiger partial charge in [0.05, 0.1) is 11.4 Å². The number of nitrogens with zero attached hydrogens (tertiary/aromatic N) is 1. The summed E-state index contributed by atoms with van der Waals surface area (Å²) >= 11 is -1.28. The summed E-state index contributed by atoms with van der Waals surface area (Å²) in [7, 11) is 0. The maximum atomic E-state index is 13.6. The minimum atomic E-state index is -1.28. The number of nitrogens with one attached hydrogen (secondary N) is 1. The summed E-state index contributed by atoms with van der Waals surface area (Å²) in [5.74, 6) is 0.174. The van der Waals surface area contributed by atoms with E-state index in [1.807, 2.05) is 51.7 Å². The van der Waals surface area contributed by atoms with Crippen molar-refractivity contribution in [1.29, 1.82) is 0 Å². The van der Waals surface area contributed by atoms with Gasteiger partial charge in [-0.25, -0.2) is 4.39 Å². The SMILES string of the molecule is Cc1cc([C@@H](C)N[S@+]([O-])C(C)(C)C)c2oc(N3Cc4ccc(F)cc4C3)cc(=O)c2c1. The Hall–Kier alpha value is -2.35. The van der Waals surface area contributed by atoms with Gasteiger partial charge in [-0.2, -0.15) is 0 Å². The van der Waals surface area contributed by atoms with E-state index in [0.29, 0.717) is 29.9 Å². The van der Waals surface area contributed by atoms with Crippen molar-refractivity contribution >= 4 is 28.2 Å². The van der Waals surface area contributed by atoms with E-state index in [1.165, 1.54) is 18.2 Å². The van der Waals surface area contributed by atoms with Gasteiger partial charge in [-0.05, 0) is 69.5 Å². The second kappa shape index (κ2) is 7.97. The van der Waals surface area contributed by atoms with E-state index >= 15 is 0 Å². The maximum Gasteiger partial charge on any atom is 0.200 e. The molecule has 3 aromatic rings. The van der Waals surface area contributed by atoms with E-state index < -0.39 is 16.1 Å². The molecule has 31 heavy (non-hydrogen) atoms. The first-order valence-electron chi connectivity index (χ1n) is 10.3. The first kappa shape index (κ1) is 21.9. The topological polar surface area (TPSA) is 68.5 Å². The fraction of sp³-hybridized carbons (Fsp3) is 0.375. The molecule has 1 aromatic heterocycles. The fourth-order valence-corrected chi connectivity index (χ4v) is 4.62. The van der Waals surface area contributed by atoms with Gasteiger partial charge in [0, 0.05) is 36.1 Å². The zero-order chi connectivity index (χ0) is 22.5. The average molecular weight is 443 g/mol. The summed E-state index contributed by atoms with van der Waals surface area (Å²) in [6.07, 6.45) is 0. The van der Waals surface area contributed by atoms with E-state index in [1.54, 1.807) is 6.07 Å². The Morgan fingerprint density at radius 3 is 2.58 bits per heavy atom. The second-order valence-corrected chi connectivity index (χ2v) is 11.2. The molecular weight excluding hydrogens is 415 g/mol. The van der Waals surface area contributed by atoms with E-state index in [-0.39, 0.29) is 17.3 Å². The van der Waals surface area contributed by atoms with Gasteiger partial charge in [0.1, 0.15) is 16.1 Å². The fourth-order valence-electron chi connectivity index (χ4n) is 3.82. The first-order chi connectivity index (χ1) is 14.5. The van der Waals surface area contributed by atoms with Crippen molar-refractivity contribution in [1.82, 2.24) is 4.72 Å². The van der Waals surface area contributed by atoms with Crippen LogP contribution in [0.2, 0.25) is 0 Å². The lowest BCUT2D eigenvalue weighted by Gasteiger charge is -2.27. The zero-order valence-corrected chi connectivity index (χ0v) is 19.2. The molecule has 0 aliphatic carbocycles. The smallest absolute Gasteiger partial charge is 0.200 e. The number of benzene rings is 2. The Balaban J connectivity index is 1.75. The molecule has 2 aromatic carbocycles. The number of aryl methyl sites for hydroxylation is 1. The number of hydrogen-bond donors (Lipinski definition) is 1. The van der Waals surface area contributed by atoms with Crippen molar-refractivity contribution in [3.63, 3.8) is 0 Å². The quantitative estimate of drug-likeness (QED) is 0.584. The highest BCUT2D eigenvalue weighted by molar-refractivity contribution is 7.90. The van der Waals surface area contributed by atoms with Crippen LogP contribution in [0.4, 0.5) is 10.3 Å². The molecule has 7 heteroatoms. The molecule has 0 saturated heterocycles. The van der Waals surface area contributed by atoms with Gasteiger partial charge in [-0.1, -0.05) is 12.1 Å². The standard InChI is InChI=1S/C24H27FN2O3S/c1-14-8-19(15(2)26-31(29)24(3,4)5)23-20(9-14)21(28)11-22(30-23)27-12-16-6-7-18(25)10-17(16)13-27/h6-11,15,26H,12-13H2,1-5H3/t15-,31-/m1/s1. The van der Waals surface area contributed by atoms with Crippen LogP contribution in [0.15, 0.2) is 45.6 Å². The summed E-state index contributed by atoms with van der Waals surface area (Å²) in [5.41, 5.74) is 3.98. The summed E-state index contributed by atoms with van der Waals surface area (Å²) in [5, 5.41) is 0.497. The zero-order valence-electron chi connectivity index (χ0n) is 18.4. The lowest BCUT2D eigenvalue weighted by molar-refractivity contribution is 0.527. The van der Waals surface area contributed by atoms with Crippen molar-refractivity contribution in [3.8, 4) is 0 Å². The summed E-state index contributed by atoms with van der Waals surface area (Å²) in [6.45, 7) is 10.6. The van der Waals surface area contributed by atoms with E-state index in [2.05, 4.69) is 4.72 Å². The molecule has 4 rings (SSSR count). The highest BCUT2D eigenvalue weighted by Gasteiger charge is 2.30. The molecule has 0 amide bonds. The van der Waals surface area contributed by atoms with Crippen molar-refractivity contribution in [2.45, 2.75) is 58.5 Å². The maximum absolute atomic E-state index is 13.6. The number of anilines is 1. The Morgan fingerprint density at radius 2 is 1.87 bits per heavy atom. The third kappa shape index (κ3) is 4.35. The third-order valence-electron chi connectivity index (χ3n) is 5.50. The van der Waals surface area contributed by atoms with Crippen LogP contribution in [0.3, 0.4) is 0 Å². The summed E-state index contributed by atoms with van der Waals surface area (Å²) < 4.78 is 35.2. The van der Waals surface area contributed by atoms with Gasteiger partial charge in [-0.15, -0.1) is 4.72 Å². The van der Waals surface area contributed by atoms with Crippen LogP contribution in [0, 0.1) is 12.7 Å². The molecule has 0 bridgehead atoms. The van der Waals surface area contributed by atoms with Crippen molar-refractivity contribution in [2.75, 3.05) is 4.90 Å². The van der Waals surface area contributed by atoms with Gasteiger partial charge in [0.25, 0.3) is 0 Å². The summed E-state index contributed by atoms with van der Waals surface area (Å²) in [4.78, 5) is 14.9. The van der Waals surface area contributed by atoms with Gasteiger partial charge >= 0.3 is 0 Å². The van der Waals surface area contributed by atoms with Crippen LogP contribution >= 0.6 is 0 Å². The number of rotatable bonds is 4. The molecule has 1 aliphatic rings. The van der Waals surface area contributed by atoms with Crippen LogP contribution in [0.25, 0.3) is 11.0 Å². The third-order valence-corrected chi connectivity index (χ3v) is 7.18. The van der Waals surface area contributed by atoms with Gasteiger partial charge in [-0.3, -0.25) is 4.79 Å². The Morgan fingerprint density at radius 1 is 1.16 bits per heavy atom. The average Bonchev–Trinajstić information content (AvgIpc) is 3.10. The summed E-state index contributed by atoms with van der Waals surface area (Å²) in [6, 6.07) is 9.73. The minimum Gasteiger partial charge on any atom is -0.598 e. The lowest BCUT2D eigenvalue weighted by Crippen LogP contribution is -2.40. The highest BCUT2D eigenvalue weighted by atomic mass is 32.2. The second-order valence-electron chi connectivity index (χ2n) is 9.17. The monoisotopic (exact) mass is 442 g/mol. The highest BCUT2D eigenvalue weighted by Crippen LogP contribution is 2.33. The molecule has 2 atom stereocenters. The molecule has 1 aliphatic heterocycles. The molecule has 2 heterocycles. The molecule has 5 nitrogen and oxygen atoms in total. The number of fused-ring (bicyclic) bond motifs is 2. The Bertz CT molecular complexity index is 1200. The molecule has 0 spiro atoms. The van der Waals surface area contributed by atoms with Gasteiger partial charge < -0.3 is 13.9 Å². The number of hydrogen-bond acceptors (Lipinski definition) is 5. The molecule has 0 radical (unpaired) electrons. The van der Waals surface area contributed by atoms with Gasteiger partial charge in [0.15, 0.2) is 5.43 Å². The Kier molecular flexibility index (Phi) is 5.62. The van der Waals surface area contributed by atoms with Crippen molar-refractivity contribution in [3.05, 3.63) is 74.7 Å². The van der Waals surface area contributed by atoms with Gasteiger partial charge in [0.2, 0.25) is 5.88 Å². The van der Waals surface area contributed by atoms with Crippen LogP contribution < -0.4 is 15.1 Å². The molecule has 1 N–H and O–H groups in total. The van der Waals surface area contributed by atoms with E-state index in [0.717, 1.165) is 22.3 Å². The molecule has 0 unspecified atom stereocenters. The molecular formula is C24H27FN2O3S. The van der Waals surface area contributed by atoms with Crippen LogP contribution in [-0.2, 0) is 24.5 Å². The van der Waals surface area contributed by atoms with E-state index in [4.69, 9.17) is 4.42 Å². The predicted octanol–water partition coefficient (Wildman–Crippen LogP) is 4.87. The Labute approximate surface area is 184 Å². The van der Waals surface area contributed by atoms with E-state index in [9.17, 15) is 13.7 Å². The van der Waals surface area contributed by atoms with Crippen LogP contribution in [0.5, 0.6) is 0 Å². The number of halogens is 1. The minimum absolute atomic E-state index is 0.132.